The molecule has 18 rings (SSSR count). The molecule has 0 fully saturated rings. The topological polar surface area (TPSA) is 50.1 Å². The third-order valence-corrected chi connectivity index (χ3v) is 20.4. The molecule has 0 amide bonds. The van der Waals surface area contributed by atoms with E-state index >= 15 is 0 Å². The molecule has 106 heavy (non-hydrogen) atoms. The quantitative estimate of drug-likeness (QED) is 0.121. The highest BCUT2D eigenvalue weighted by molar-refractivity contribution is 7.00. The van der Waals surface area contributed by atoms with Crippen molar-refractivity contribution < 1.29 is 27.4 Å². The molecule has 2 aliphatic rings. The predicted octanol–water partition coefficient (Wildman–Crippen LogP) is 24.3. The first-order valence-electron chi connectivity index (χ1n) is 45.5. The molecule has 0 radical (unpaired) electrons. The van der Waals surface area contributed by atoms with E-state index in [1.54, 1.807) is 12.1 Å². The lowest BCUT2D eigenvalue weighted by molar-refractivity contribution is 0.590. The Morgan fingerprint density at radius 1 is 0.292 bits per heavy atom. The standard InChI is InChI=1S/C99H81BN6/c1-97(2,3)74-48-53-86-80(58-74)81-59-75(98(4,5)6)49-54-87(81)104(86)77-62-90-92-91(63-77)106(93-79(68-39-25-14-26-40-68)60-76(99(7,8)9)61-82(93)96-102-94(69-41-27-15-28-42-69)101-95(103-96)70-43-29-16-30-44-70)89-52-47-73(66-35-21-12-22-36-66)57-84(89)100(92)83-56-72(65-33-19-11-20-34-65)46-51-88(83)105(90)85-50-45-71(64-31-17-10-18-32-64)55-78(85)67-37-23-13-24-38-67/h10-63H,1-9H3/i11D,12D,15D,16D,19D,20D,21D,22D,27D,28D,29D,30D,33D,34D,35D,36D,41D,42D,43D,44D. The van der Waals surface area contributed by atoms with Crippen molar-refractivity contribution >= 4 is 79.0 Å². The van der Waals surface area contributed by atoms with E-state index in [9.17, 15) is 16.4 Å². The van der Waals surface area contributed by atoms with E-state index in [2.05, 4.69) is 129 Å². The molecule has 0 N–H and O–H groups in total. The van der Waals surface area contributed by atoms with E-state index in [0.717, 1.165) is 55.2 Å². The van der Waals surface area contributed by atoms with Crippen molar-refractivity contribution in [1.29, 1.82) is 0 Å². The maximum Gasteiger partial charge on any atom is 0.252 e. The number of rotatable bonds is 11. The Bertz CT molecular complexity index is 7090. The van der Waals surface area contributed by atoms with Crippen molar-refractivity contribution in [2.75, 3.05) is 9.80 Å². The number of benzene rings is 14. The zero-order valence-corrected chi connectivity index (χ0v) is 59.9. The van der Waals surface area contributed by atoms with Crippen LogP contribution in [0.25, 0.3) is 117 Å². The Kier molecular flexibility index (Phi) is 11.4. The van der Waals surface area contributed by atoms with Gasteiger partial charge in [0, 0.05) is 61.3 Å². The fourth-order valence-corrected chi connectivity index (χ4v) is 15.1. The largest absolute Gasteiger partial charge is 0.311 e. The van der Waals surface area contributed by atoms with Crippen LogP contribution in [0.3, 0.4) is 0 Å². The van der Waals surface area contributed by atoms with Crippen LogP contribution in [0.5, 0.6) is 0 Å². The fourth-order valence-electron chi connectivity index (χ4n) is 15.1. The Morgan fingerprint density at radius 3 is 1.16 bits per heavy atom. The Balaban J connectivity index is 1.09. The summed E-state index contributed by atoms with van der Waals surface area (Å²) in [6.07, 6.45) is 0. The average Bonchev–Trinajstić information content (AvgIpc) is 1.06. The number of hydrogen-bond acceptors (Lipinski definition) is 5. The summed E-state index contributed by atoms with van der Waals surface area (Å²) in [6.45, 7) is 18.1. The van der Waals surface area contributed by atoms with Gasteiger partial charge >= 0.3 is 0 Å². The second-order valence-electron chi connectivity index (χ2n) is 30.2. The molecular formula is C99H81BN6. The number of fused-ring (bicyclic) bond motifs is 7. The molecule has 2 aromatic heterocycles. The molecule has 0 aliphatic carbocycles. The maximum atomic E-state index is 9.75. The zero-order chi connectivity index (χ0) is 89.6. The predicted molar refractivity (Wildman–Crippen MR) is 448 cm³/mol. The van der Waals surface area contributed by atoms with Crippen LogP contribution in [0.2, 0.25) is 0 Å². The van der Waals surface area contributed by atoms with Crippen molar-refractivity contribution in [2.24, 2.45) is 0 Å². The third-order valence-electron chi connectivity index (χ3n) is 20.4. The lowest BCUT2D eigenvalue weighted by atomic mass is 9.33. The monoisotopic (exact) mass is 1380 g/mol. The highest BCUT2D eigenvalue weighted by atomic mass is 15.2. The summed E-state index contributed by atoms with van der Waals surface area (Å²) in [6, 6.07) is 55.5. The third kappa shape index (κ3) is 11.6. The van der Waals surface area contributed by atoms with Gasteiger partial charge in [-0.25, -0.2) is 15.0 Å². The molecule has 0 spiro atoms. The summed E-state index contributed by atoms with van der Waals surface area (Å²) in [5.74, 6) is -1.29. The lowest BCUT2D eigenvalue weighted by Crippen LogP contribution is -2.61. The Labute approximate surface area is 650 Å². The fraction of sp³-hybridized carbons (Fsp3) is 0.121. The average molecular weight is 1390 g/mol. The van der Waals surface area contributed by atoms with Gasteiger partial charge in [0.1, 0.15) is 0 Å². The molecule has 2 aliphatic heterocycles. The SMILES string of the molecule is [2H]c1c([2H])c([2H])c(-c2ccc3c(c2)B2c4cc(-c5c([2H])c([2H])c([2H])c([2H])c5[2H])ccc4N(c4c(-c5ccccc5)cc(C(C)(C)C)cc4-c4nc(-c5c([2H])c([2H])c([2H])c([2H])c5[2H])nc(-c5c([2H])c([2H])c([2H])c([2H])c5[2H])n4)c4cc(-n5c6ccc(C(C)(C)C)cc6c6cc(C(C)(C)C)ccc65)cc(c42)N3c2ccc(-c3ccccc3)cc2-c2ccccc2)c([2H])c1[2H]. The smallest absolute Gasteiger partial charge is 0.252 e. The first-order chi connectivity index (χ1) is 59.7. The van der Waals surface area contributed by atoms with Crippen LogP contribution in [0, 0.1) is 0 Å². The molecule has 0 bridgehead atoms. The second kappa shape index (κ2) is 25.8. The molecule has 0 atom stereocenters. The van der Waals surface area contributed by atoms with Crippen LogP contribution in [-0.2, 0) is 16.2 Å². The van der Waals surface area contributed by atoms with Crippen molar-refractivity contribution in [3.63, 3.8) is 0 Å². The molecule has 0 saturated carbocycles. The molecule has 7 heteroatoms. The van der Waals surface area contributed by atoms with E-state index in [1.165, 1.54) is 0 Å². The summed E-state index contributed by atoms with van der Waals surface area (Å²) in [4.78, 5) is 19.7. The van der Waals surface area contributed by atoms with Gasteiger partial charge < -0.3 is 14.4 Å². The Morgan fingerprint density at radius 2 is 0.689 bits per heavy atom. The minimum absolute atomic E-state index is 0.0885. The van der Waals surface area contributed by atoms with E-state index < -0.39 is 156 Å². The van der Waals surface area contributed by atoms with Crippen molar-refractivity contribution in [2.45, 2.75) is 78.6 Å². The van der Waals surface area contributed by atoms with Gasteiger partial charge in [0.2, 0.25) is 0 Å². The van der Waals surface area contributed by atoms with Crippen LogP contribution in [0.15, 0.2) is 327 Å². The Hall–Kier alpha value is -12.4. The summed E-state index contributed by atoms with van der Waals surface area (Å²) in [7, 11) is 0. The molecule has 16 aromatic rings. The number of nitrogens with zero attached hydrogens (tertiary/aromatic N) is 6. The molecule has 14 aromatic carbocycles. The van der Waals surface area contributed by atoms with Crippen LogP contribution >= 0.6 is 0 Å². The molecule has 0 unspecified atom stereocenters. The van der Waals surface area contributed by atoms with Gasteiger partial charge in [0.15, 0.2) is 17.5 Å². The minimum Gasteiger partial charge on any atom is -0.311 e. The van der Waals surface area contributed by atoms with Gasteiger partial charge in [-0.05, 0) is 167 Å². The van der Waals surface area contributed by atoms with E-state index in [-0.39, 0.29) is 44.5 Å². The first-order valence-corrected chi connectivity index (χ1v) is 35.5. The van der Waals surface area contributed by atoms with Crippen LogP contribution in [-0.4, -0.2) is 26.2 Å². The van der Waals surface area contributed by atoms with E-state index in [0.29, 0.717) is 72.9 Å². The highest BCUT2D eigenvalue weighted by Gasteiger charge is 2.46. The number of hydrogen-bond donors (Lipinski definition) is 0. The summed E-state index contributed by atoms with van der Waals surface area (Å²) >= 11 is 0. The summed E-state index contributed by atoms with van der Waals surface area (Å²) in [5, 5.41) is 1.93. The zero-order valence-electron chi connectivity index (χ0n) is 79.9. The van der Waals surface area contributed by atoms with Gasteiger partial charge in [0.25, 0.3) is 6.71 Å². The van der Waals surface area contributed by atoms with Crippen LogP contribution < -0.4 is 26.2 Å². The maximum absolute atomic E-state index is 9.75. The normalized spacial score (nSPS) is 15.3. The summed E-state index contributed by atoms with van der Waals surface area (Å²) in [5.41, 5.74) is 12.3. The molecular weight excluding hydrogens is 1280 g/mol. The van der Waals surface area contributed by atoms with E-state index in [1.807, 2.05) is 142 Å². The first kappa shape index (κ1) is 47.0. The van der Waals surface area contributed by atoms with Crippen molar-refractivity contribution in [1.82, 2.24) is 19.5 Å². The minimum atomic E-state index is -1.05. The van der Waals surface area contributed by atoms with Gasteiger partial charge in [-0.3, -0.25) is 0 Å². The van der Waals surface area contributed by atoms with Gasteiger partial charge in [-0.2, -0.15) is 0 Å². The molecule has 4 heterocycles. The van der Waals surface area contributed by atoms with Crippen LogP contribution in [0.1, 0.15) is 106 Å². The van der Waals surface area contributed by atoms with Crippen LogP contribution in [0.4, 0.5) is 34.1 Å². The van der Waals surface area contributed by atoms with Crippen molar-refractivity contribution in [3.05, 3.63) is 344 Å². The van der Waals surface area contributed by atoms with Gasteiger partial charge in [0.05, 0.1) is 55.5 Å². The molecule has 6 nitrogen and oxygen atoms in total. The van der Waals surface area contributed by atoms with Crippen molar-refractivity contribution in [3.8, 4) is 95.5 Å². The highest BCUT2D eigenvalue weighted by Crippen LogP contribution is 2.54. The summed E-state index contributed by atoms with van der Waals surface area (Å²) < 4.78 is 188. The van der Waals surface area contributed by atoms with Gasteiger partial charge in [-0.15, -0.1) is 0 Å². The number of aromatic nitrogens is 4. The molecule has 0 saturated heterocycles. The molecule has 510 valence electrons. The van der Waals surface area contributed by atoms with E-state index in [4.69, 9.17) is 25.9 Å². The number of anilines is 6. The lowest BCUT2D eigenvalue weighted by Gasteiger charge is -2.46. The second-order valence-corrected chi connectivity index (χ2v) is 30.2. The van der Waals surface area contributed by atoms with Gasteiger partial charge in [-0.1, -0.05) is 317 Å².